The van der Waals surface area contributed by atoms with E-state index in [1.54, 1.807) is 0 Å². The number of fused-ring (bicyclic) bond motifs is 12. The van der Waals surface area contributed by atoms with Crippen LogP contribution in [0.15, 0.2) is 115 Å². The van der Waals surface area contributed by atoms with Gasteiger partial charge in [0.2, 0.25) is 5.78 Å². The van der Waals surface area contributed by atoms with E-state index in [0.29, 0.717) is 0 Å². The smallest absolute Gasteiger partial charge is 0.220 e. The lowest BCUT2D eigenvalue weighted by Gasteiger charge is -2.21. The summed E-state index contributed by atoms with van der Waals surface area (Å²) >= 11 is 0. The number of imidazole rings is 2. The summed E-state index contributed by atoms with van der Waals surface area (Å²) in [4.78, 5) is 5.15. The van der Waals surface area contributed by atoms with Crippen molar-refractivity contribution in [2.75, 3.05) is 0 Å². The number of para-hydroxylation sites is 2. The molecule has 9 aromatic rings. The number of rotatable bonds is 1. The van der Waals surface area contributed by atoms with Gasteiger partial charge in [0.15, 0.2) is 0 Å². The van der Waals surface area contributed by atoms with E-state index in [4.69, 9.17) is 4.98 Å². The van der Waals surface area contributed by atoms with Crippen LogP contribution in [-0.2, 0) is 5.41 Å². The minimum Gasteiger partial charge on any atom is -0.277 e. The van der Waals surface area contributed by atoms with Crippen LogP contribution in [0.25, 0.3) is 77.2 Å². The maximum absolute atomic E-state index is 5.15. The van der Waals surface area contributed by atoms with Gasteiger partial charge in [-0.25, -0.2) is 4.98 Å². The predicted molar refractivity (Wildman–Crippen MR) is 170 cm³/mol. The first-order valence-corrected chi connectivity index (χ1v) is 14.3. The summed E-state index contributed by atoms with van der Waals surface area (Å²) in [6, 6.07) is 42.6. The molecule has 6 aromatic carbocycles. The summed E-state index contributed by atoms with van der Waals surface area (Å²) in [6.45, 7) is 4.68. The molecule has 3 heterocycles. The average Bonchev–Trinajstić information content (AvgIpc) is 3.70. The normalized spacial score (nSPS) is 14.3. The molecule has 1 aliphatic rings. The Hall–Kier alpha value is -5.15. The van der Waals surface area contributed by atoms with Gasteiger partial charge >= 0.3 is 0 Å². The average molecular weight is 524 g/mol. The molecular formula is C38H25N3. The minimum absolute atomic E-state index is 0.00158. The first-order valence-electron chi connectivity index (χ1n) is 14.3. The molecular weight excluding hydrogens is 498 g/mol. The van der Waals surface area contributed by atoms with Gasteiger partial charge in [0, 0.05) is 16.2 Å². The van der Waals surface area contributed by atoms with Crippen LogP contribution in [0.4, 0.5) is 0 Å². The van der Waals surface area contributed by atoms with Crippen LogP contribution in [0.3, 0.4) is 0 Å². The minimum atomic E-state index is 0.00158. The Kier molecular flexibility index (Phi) is 3.76. The first-order chi connectivity index (χ1) is 20.1. The first kappa shape index (κ1) is 21.6. The Morgan fingerprint density at radius 3 is 2.20 bits per heavy atom. The van der Waals surface area contributed by atoms with Crippen molar-refractivity contribution in [3.05, 3.63) is 126 Å². The van der Waals surface area contributed by atoms with Crippen molar-refractivity contribution >= 4 is 54.9 Å². The van der Waals surface area contributed by atoms with Gasteiger partial charge in [-0.15, -0.1) is 0 Å². The van der Waals surface area contributed by atoms with Crippen LogP contribution in [0.5, 0.6) is 0 Å². The number of aromatic nitrogens is 3. The zero-order valence-corrected chi connectivity index (χ0v) is 22.8. The van der Waals surface area contributed by atoms with Gasteiger partial charge < -0.3 is 0 Å². The number of hydrogen-bond donors (Lipinski definition) is 0. The van der Waals surface area contributed by atoms with Gasteiger partial charge in [-0.1, -0.05) is 86.6 Å². The molecule has 0 saturated heterocycles. The Morgan fingerprint density at radius 2 is 1.29 bits per heavy atom. The van der Waals surface area contributed by atoms with Crippen molar-refractivity contribution < 1.29 is 0 Å². The Labute approximate surface area is 236 Å². The van der Waals surface area contributed by atoms with Crippen molar-refractivity contribution in [2.45, 2.75) is 19.3 Å². The second-order valence-electron chi connectivity index (χ2n) is 12.1. The highest BCUT2D eigenvalue weighted by atomic mass is 15.2. The summed E-state index contributed by atoms with van der Waals surface area (Å²) in [6.07, 6.45) is 0. The molecule has 0 amide bonds. The van der Waals surface area contributed by atoms with Crippen molar-refractivity contribution in [1.29, 1.82) is 0 Å². The maximum Gasteiger partial charge on any atom is 0.220 e. The van der Waals surface area contributed by atoms with E-state index >= 15 is 0 Å². The van der Waals surface area contributed by atoms with Gasteiger partial charge in [0.25, 0.3) is 0 Å². The molecule has 3 aromatic heterocycles. The van der Waals surface area contributed by atoms with E-state index in [9.17, 15) is 0 Å². The van der Waals surface area contributed by atoms with E-state index in [-0.39, 0.29) is 5.41 Å². The third-order valence-corrected chi connectivity index (χ3v) is 9.61. The molecule has 3 heteroatoms. The molecule has 192 valence electrons. The Balaban J connectivity index is 1.35. The topological polar surface area (TPSA) is 21.7 Å². The summed E-state index contributed by atoms with van der Waals surface area (Å²) in [5.74, 6) is 0.971. The third-order valence-electron chi connectivity index (χ3n) is 9.61. The van der Waals surface area contributed by atoms with Gasteiger partial charge in [-0.3, -0.25) is 8.80 Å². The molecule has 0 N–H and O–H groups in total. The van der Waals surface area contributed by atoms with Crippen LogP contribution in [-0.4, -0.2) is 13.8 Å². The Morgan fingerprint density at radius 1 is 0.537 bits per heavy atom. The molecule has 0 bridgehead atoms. The zero-order chi connectivity index (χ0) is 27.0. The SMILES string of the molecule is CC1(C)c2ccccc2-c2cc(-c3cc4c5cc6ccccc6cc5n5c4c(c3)n3c4ccccc4nc35)ccc21. The lowest BCUT2D eigenvalue weighted by atomic mass is 9.82. The van der Waals surface area contributed by atoms with E-state index in [0.717, 1.165) is 16.8 Å². The van der Waals surface area contributed by atoms with E-state index in [1.807, 2.05) is 0 Å². The van der Waals surface area contributed by atoms with E-state index < -0.39 is 0 Å². The Bertz CT molecular complexity index is 2560. The highest BCUT2D eigenvalue weighted by molar-refractivity contribution is 6.19. The number of hydrogen-bond acceptors (Lipinski definition) is 1. The molecule has 1 aliphatic carbocycles. The number of nitrogens with zero attached hydrogens (tertiary/aromatic N) is 3. The fourth-order valence-corrected chi connectivity index (χ4v) is 7.65. The standard InChI is InChI=1S/C38H25N3/c1-38(2)30-12-6-5-11-26(30)27-17-24(15-16-31(27)38)25-19-29-28-18-22-9-3-4-10-23(22)20-34(28)41-36(29)35(21-25)40-33-14-8-7-13-32(33)39-37(40)41/h3-21H,1-2H3. The van der Waals surface area contributed by atoms with Crippen molar-refractivity contribution in [3.8, 4) is 22.3 Å². The van der Waals surface area contributed by atoms with E-state index in [2.05, 4.69) is 138 Å². The second-order valence-corrected chi connectivity index (χ2v) is 12.1. The second kappa shape index (κ2) is 7.13. The lowest BCUT2D eigenvalue weighted by Crippen LogP contribution is -2.14. The van der Waals surface area contributed by atoms with Crippen LogP contribution < -0.4 is 0 Å². The maximum atomic E-state index is 5.15. The largest absolute Gasteiger partial charge is 0.277 e. The van der Waals surface area contributed by atoms with Crippen molar-refractivity contribution in [1.82, 2.24) is 13.8 Å². The van der Waals surface area contributed by atoms with Gasteiger partial charge in [0.05, 0.1) is 27.6 Å². The van der Waals surface area contributed by atoms with Gasteiger partial charge in [0.1, 0.15) is 0 Å². The van der Waals surface area contributed by atoms with Crippen molar-refractivity contribution in [3.63, 3.8) is 0 Å². The molecule has 0 radical (unpaired) electrons. The molecule has 3 nitrogen and oxygen atoms in total. The van der Waals surface area contributed by atoms with Crippen LogP contribution in [0.1, 0.15) is 25.0 Å². The fourth-order valence-electron chi connectivity index (χ4n) is 7.65. The van der Waals surface area contributed by atoms with Gasteiger partial charge in [-0.05, 0) is 86.6 Å². The molecule has 0 atom stereocenters. The predicted octanol–water partition coefficient (Wildman–Crippen LogP) is 9.61. The summed E-state index contributed by atoms with van der Waals surface area (Å²) in [5.41, 5.74) is 13.8. The van der Waals surface area contributed by atoms with Crippen LogP contribution in [0.2, 0.25) is 0 Å². The number of benzene rings is 6. The molecule has 41 heavy (non-hydrogen) atoms. The molecule has 10 rings (SSSR count). The van der Waals surface area contributed by atoms with Gasteiger partial charge in [-0.2, -0.15) is 0 Å². The molecule has 0 unspecified atom stereocenters. The summed E-state index contributed by atoms with van der Waals surface area (Å²) < 4.78 is 4.72. The monoisotopic (exact) mass is 523 g/mol. The quantitative estimate of drug-likeness (QED) is 0.210. The molecule has 0 spiro atoms. The van der Waals surface area contributed by atoms with Crippen LogP contribution in [0, 0.1) is 0 Å². The molecule has 0 fully saturated rings. The zero-order valence-electron chi connectivity index (χ0n) is 22.8. The molecule has 0 saturated carbocycles. The lowest BCUT2D eigenvalue weighted by molar-refractivity contribution is 0.660. The van der Waals surface area contributed by atoms with E-state index in [1.165, 1.54) is 71.5 Å². The molecule has 0 aliphatic heterocycles. The van der Waals surface area contributed by atoms with Crippen LogP contribution >= 0.6 is 0 Å². The fraction of sp³-hybridized carbons (Fsp3) is 0.0789. The third kappa shape index (κ3) is 2.58. The highest BCUT2D eigenvalue weighted by Crippen LogP contribution is 2.50. The van der Waals surface area contributed by atoms with Crippen molar-refractivity contribution in [2.24, 2.45) is 0 Å². The highest BCUT2D eigenvalue weighted by Gasteiger charge is 2.35. The summed E-state index contributed by atoms with van der Waals surface area (Å²) in [7, 11) is 0. The summed E-state index contributed by atoms with van der Waals surface area (Å²) in [5, 5.41) is 5.05.